The van der Waals surface area contributed by atoms with E-state index in [0.717, 1.165) is 26.1 Å². The SMILES string of the molecule is CCC(C)(N)C(=O)NC(C)C1CCOCC1. The maximum Gasteiger partial charge on any atom is 0.239 e. The first kappa shape index (κ1) is 13.5. The number of carbonyl (C=O) groups excluding carboxylic acids is 1. The lowest BCUT2D eigenvalue weighted by atomic mass is 9.91. The van der Waals surface area contributed by atoms with Crippen molar-refractivity contribution >= 4 is 5.91 Å². The zero-order chi connectivity index (χ0) is 12.2. The van der Waals surface area contributed by atoms with E-state index in [1.807, 2.05) is 6.92 Å². The average molecular weight is 228 g/mol. The van der Waals surface area contributed by atoms with Crippen LogP contribution >= 0.6 is 0 Å². The third kappa shape index (κ3) is 3.46. The van der Waals surface area contributed by atoms with Gasteiger partial charge in [0.25, 0.3) is 0 Å². The maximum absolute atomic E-state index is 11.9. The number of rotatable bonds is 4. The van der Waals surface area contributed by atoms with Crippen LogP contribution in [0.2, 0.25) is 0 Å². The first-order chi connectivity index (χ1) is 7.47. The van der Waals surface area contributed by atoms with Gasteiger partial charge in [-0.05, 0) is 39.0 Å². The molecule has 1 fully saturated rings. The van der Waals surface area contributed by atoms with Gasteiger partial charge in [0.15, 0.2) is 0 Å². The summed E-state index contributed by atoms with van der Waals surface area (Å²) in [5.41, 5.74) is 5.15. The van der Waals surface area contributed by atoms with Gasteiger partial charge < -0.3 is 15.8 Å². The molecule has 0 radical (unpaired) electrons. The third-order valence-corrected chi connectivity index (χ3v) is 3.58. The van der Waals surface area contributed by atoms with Gasteiger partial charge in [-0.25, -0.2) is 0 Å². The average Bonchev–Trinajstić information content (AvgIpc) is 2.30. The van der Waals surface area contributed by atoms with Gasteiger partial charge in [0.1, 0.15) is 0 Å². The van der Waals surface area contributed by atoms with E-state index < -0.39 is 5.54 Å². The Labute approximate surface area is 97.9 Å². The minimum Gasteiger partial charge on any atom is -0.381 e. The second-order valence-corrected chi connectivity index (χ2v) is 4.98. The molecule has 1 saturated heterocycles. The van der Waals surface area contributed by atoms with Crippen molar-refractivity contribution in [2.24, 2.45) is 11.7 Å². The van der Waals surface area contributed by atoms with E-state index in [0.29, 0.717) is 12.3 Å². The Bertz CT molecular complexity index is 235. The van der Waals surface area contributed by atoms with Crippen LogP contribution in [0, 0.1) is 5.92 Å². The molecule has 2 unspecified atom stereocenters. The molecule has 1 aliphatic heterocycles. The molecule has 1 amide bonds. The molecule has 4 nitrogen and oxygen atoms in total. The summed E-state index contributed by atoms with van der Waals surface area (Å²) >= 11 is 0. The molecule has 94 valence electrons. The van der Waals surface area contributed by atoms with Gasteiger partial charge in [-0.15, -0.1) is 0 Å². The van der Waals surface area contributed by atoms with E-state index >= 15 is 0 Å². The highest BCUT2D eigenvalue weighted by Crippen LogP contribution is 2.19. The second-order valence-electron chi connectivity index (χ2n) is 4.98. The van der Waals surface area contributed by atoms with Crippen LogP contribution in [-0.4, -0.2) is 30.7 Å². The van der Waals surface area contributed by atoms with E-state index in [4.69, 9.17) is 10.5 Å². The van der Waals surface area contributed by atoms with Crippen molar-refractivity contribution in [2.75, 3.05) is 13.2 Å². The largest absolute Gasteiger partial charge is 0.381 e. The fourth-order valence-electron chi connectivity index (χ4n) is 1.87. The zero-order valence-electron chi connectivity index (χ0n) is 10.6. The van der Waals surface area contributed by atoms with E-state index in [2.05, 4.69) is 12.2 Å². The molecule has 1 heterocycles. The summed E-state index contributed by atoms with van der Waals surface area (Å²) in [5.74, 6) is 0.472. The number of carbonyl (C=O) groups is 1. The molecule has 0 aromatic carbocycles. The molecular formula is C12H24N2O2. The Kier molecular flexibility index (Phi) is 4.74. The minimum absolute atomic E-state index is 0.0472. The molecule has 0 aliphatic carbocycles. The summed E-state index contributed by atoms with van der Waals surface area (Å²) in [6, 6.07) is 0.186. The highest BCUT2D eigenvalue weighted by Gasteiger charge is 2.29. The van der Waals surface area contributed by atoms with Crippen LogP contribution < -0.4 is 11.1 Å². The van der Waals surface area contributed by atoms with Crippen molar-refractivity contribution in [1.29, 1.82) is 0 Å². The number of hydrogen-bond donors (Lipinski definition) is 2. The molecule has 2 atom stereocenters. The quantitative estimate of drug-likeness (QED) is 0.756. The summed E-state index contributed by atoms with van der Waals surface area (Å²) in [6.07, 6.45) is 2.70. The third-order valence-electron chi connectivity index (χ3n) is 3.58. The van der Waals surface area contributed by atoms with E-state index in [9.17, 15) is 4.79 Å². The number of amides is 1. The molecule has 0 aromatic rings. The molecule has 4 heteroatoms. The summed E-state index contributed by atoms with van der Waals surface area (Å²) in [5, 5.41) is 3.02. The second kappa shape index (κ2) is 5.64. The molecule has 0 aromatic heterocycles. The zero-order valence-corrected chi connectivity index (χ0v) is 10.6. The van der Waals surface area contributed by atoms with Crippen LogP contribution in [0.5, 0.6) is 0 Å². The van der Waals surface area contributed by atoms with Crippen LogP contribution in [0.3, 0.4) is 0 Å². The van der Waals surface area contributed by atoms with Crippen LogP contribution in [0.4, 0.5) is 0 Å². The van der Waals surface area contributed by atoms with Gasteiger partial charge in [0.2, 0.25) is 5.91 Å². The number of nitrogens with two attached hydrogens (primary N) is 1. The molecule has 16 heavy (non-hydrogen) atoms. The van der Waals surface area contributed by atoms with Crippen molar-refractivity contribution in [3.63, 3.8) is 0 Å². The fourth-order valence-corrected chi connectivity index (χ4v) is 1.87. The van der Waals surface area contributed by atoms with Gasteiger partial charge in [0.05, 0.1) is 5.54 Å². The summed E-state index contributed by atoms with van der Waals surface area (Å²) in [6.45, 7) is 7.37. The fraction of sp³-hybridized carbons (Fsp3) is 0.917. The maximum atomic E-state index is 11.9. The molecule has 1 rings (SSSR count). The van der Waals surface area contributed by atoms with E-state index in [-0.39, 0.29) is 11.9 Å². The highest BCUT2D eigenvalue weighted by molar-refractivity contribution is 5.85. The van der Waals surface area contributed by atoms with Gasteiger partial charge in [-0.1, -0.05) is 6.92 Å². The van der Waals surface area contributed by atoms with Gasteiger partial charge in [-0.3, -0.25) is 4.79 Å². The topological polar surface area (TPSA) is 64.4 Å². The predicted octanol–water partition coefficient (Wildman–Crippen LogP) is 1.05. The highest BCUT2D eigenvalue weighted by atomic mass is 16.5. The number of nitrogens with one attached hydrogen (secondary N) is 1. The Morgan fingerprint density at radius 3 is 2.62 bits per heavy atom. The summed E-state index contributed by atoms with van der Waals surface area (Å²) in [7, 11) is 0. The van der Waals surface area contributed by atoms with Gasteiger partial charge in [0, 0.05) is 19.3 Å². The molecule has 0 bridgehead atoms. The monoisotopic (exact) mass is 228 g/mol. The summed E-state index contributed by atoms with van der Waals surface area (Å²) < 4.78 is 5.31. The lowest BCUT2D eigenvalue weighted by molar-refractivity contribution is -0.127. The van der Waals surface area contributed by atoms with Crippen molar-refractivity contribution in [2.45, 2.75) is 51.6 Å². The minimum atomic E-state index is -0.751. The van der Waals surface area contributed by atoms with Crippen molar-refractivity contribution in [3.05, 3.63) is 0 Å². The predicted molar refractivity (Wildman–Crippen MR) is 64.0 cm³/mol. The molecule has 3 N–H and O–H groups in total. The van der Waals surface area contributed by atoms with Crippen molar-refractivity contribution in [3.8, 4) is 0 Å². The van der Waals surface area contributed by atoms with Crippen molar-refractivity contribution in [1.82, 2.24) is 5.32 Å². The normalized spacial score (nSPS) is 23.5. The Hall–Kier alpha value is -0.610. The first-order valence-electron chi connectivity index (χ1n) is 6.15. The standard InChI is InChI=1S/C12H24N2O2/c1-4-12(3,13)11(15)14-9(2)10-5-7-16-8-6-10/h9-10H,4-8,13H2,1-3H3,(H,14,15). The van der Waals surface area contributed by atoms with E-state index in [1.165, 1.54) is 0 Å². The Morgan fingerprint density at radius 1 is 1.56 bits per heavy atom. The molecule has 0 spiro atoms. The van der Waals surface area contributed by atoms with Gasteiger partial charge >= 0.3 is 0 Å². The molecular weight excluding hydrogens is 204 g/mol. The summed E-state index contributed by atoms with van der Waals surface area (Å²) in [4.78, 5) is 11.9. The van der Waals surface area contributed by atoms with Crippen molar-refractivity contribution < 1.29 is 9.53 Å². The molecule has 0 saturated carbocycles. The van der Waals surface area contributed by atoms with E-state index in [1.54, 1.807) is 6.92 Å². The Balaban J connectivity index is 2.43. The number of ether oxygens (including phenoxy) is 1. The van der Waals surface area contributed by atoms with Crippen LogP contribution in [-0.2, 0) is 9.53 Å². The van der Waals surface area contributed by atoms with Crippen LogP contribution in [0.15, 0.2) is 0 Å². The molecule has 1 aliphatic rings. The van der Waals surface area contributed by atoms with Crippen LogP contribution in [0.25, 0.3) is 0 Å². The Morgan fingerprint density at radius 2 is 2.12 bits per heavy atom. The number of hydrogen-bond acceptors (Lipinski definition) is 3. The lowest BCUT2D eigenvalue weighted by Gasteiger charge is -2.31. The first-order valence-corrected chi connectivity index (χ1v) is 6.15. The van der Waals surface area contributed by atoms with Crippen LogP contribution in [0.1, 0.15) is 40.0 Å². The lowest BCUT2D eigenvalue weighted by Crippen LogP contribution is -2.54. The van der Waals surface area contributed by atoms with Gasteiger partial charge in [-0.2, -0.15) is 0 Å². The smallest absolute Gasteiger partial charge is 0.239 e.